The number of ether oxygens (including phenoxy) is 1. The van der Waals surface area contributed by atoms with Gasteiger partial charge in [0.25, 0.3) is 0 Å². The van der Waals surface area contributed by atoms with E-state index in [1.807, 2.05) is 0 Å². The fourth-order valence-electron chi connectivity index (χ4n) is 2.10. The van der Waals surface area contributed by atoms with E-state index in [1.54, 1.807) is 12.1 Å². The molecular formula is C12H18ClN3O4S. The van der Waals surface area contributed by atoms with Gasteiger partial charge in [-0.05, 0) is 24.3 Å². The number of sulfonamides is 1. The predicted molar refractivity (Wildman–Crippen MR) is 80.0 cm³/mol. The molecule has 0 radical (unpaired) electrons. The van der Waals surface area contributed by atoms with Gasteiger partial charge in [0.15, 0.2) is 0 Å². The molecule has 0 saturated carbocycles. The summed E-state index contributed by atoms with van der Waals surface area (Å²) < 4.78 is 31.2. The van der Waals surface area contributed by atoms with Gasteiger partial charge in [0.1, 0.15) is 11.8 Å². The standard InChI is InChI=1S/C12H17N3O4S.ClH/c1-19-9-2-4-10(5-3-9)20(17,18)15-7-6-14-8-11(15)12(13)16;/h2-5,11,14H,6-8H2,1H3,(H2,13,16);1H. The van der Waals surface area contributed by atoms with Gasteiger partial charge in [-0.3, -0.25) is 4.79 Å². The van der Waals surface area contributed by atoms with E-state index in [1.165, 1.54) is 19.2 Å². The molecule has 1 aliphatic heterocycles. The molecule has 1 saturated heterocycles. The van der Waals surface area contributed by atoms with Crippen molar-refractivity contribution >= 4 is 28.3 Å². The van der Waals surface area contributed by atoms with E-state index in [-0.39, 0.29) is 30.4 Å². The van der Waals surface area contributed by atoms with Crippen LogP contribution >= 0.6 is 12.4 Å². The number of carbonyl (C=O) groups is 1. The van der Waals surface area contributed by atoms with Gasteiger partial charge in [0.05, 0.1) is 12.0 Å². The Kier molecular flexibility index (Phi) is 5.97. The van der Waals surface area contributed by atoms with E-state index in [0.29, 0.717) is 12.3 Å². The number of carbonyl (C=O) groups excluding carboxylic acids is 1. The number of halogens is 1. The highest BCUT2D eigenvalue weighted by molar-refractivity contribution is 7.89. The summed E-state index contributed by atoms with van der Waals surface area (Å²) in [7, 11) is -2.24. The van der Waals surface area contributed by atoms with Crippen LogP contribution in [0.4, 0.5) is 0 Å². The number of rotatable bonds is 4. The molecule has 7 nitrogen and oxygen atoms in total. The molecule has 1 amide bonds. The Balaban J connectivity index is 0.00000220. The van der Waals surface area contributed by atoms with Crippen molar-refractivity contribution < 1.29 is 17.9 Å². The number of piperazine rings is 1. The fourth-order valence-corrected chi connectivity index (χ4v) is 3.69. The largest absolute Gasteiger partial charge is 0.497 e. The van der Waals surface area contributed by atoms with Gasteiger partial charge in [-0.25, -0.2) is 8.42 Å². The van der Waals surface area contributed by atoms with Crippen LogP contribution in [0.1, 0.15) is 0 Å². The molecule has 9 heteroatoms. The monoisotopic (exact) mass is 335 g/mol. The number of nitrogens with one attached hydrogen (secondary N) is 1. The third kappa shape index (κ3) is 3.65. The van der Waals surface area contributed by atoms with Crippen LogP contribution in [0.2, 0.25) is 0 Å². The lowest BCUT2D eigenvalue weighted by atomic mass is 10.2. The Bertz CT molecular complexity index is 591. The molecule has 0 bridgehead atoms. The summed E-state index contributed by atoms with van der Waals surface area (Å²) in [5.41, 5.74) is 5.27. The molecule has 1 atom stereocenters. The summed E-state index contributed by atoms with van der Waals surface area (Å²) >= 11 is 0. The van der Waals surface area contributed by atoms with Gasteiger partial charge in [0.2, 0.25) is 15.9 Å². The molecule has 0 spiro atoms. The Morgan fingerprint density at radius 1 is 1.38 bits per heavy atom. The quantitative estimate of drug-likeness (QED) is 0.777. The summed E-state index contributed by atoms with van der Waals surface area (Å²) in [4.78, 5) is 11.5. The van der Waals surface area contributed by atoms with Crippen LogP contribution in [0.15, 0.2) is 29.2 Å². The summed E-state index contributed by atoms with van der Waals surface area (Å²) in [6.45, 7) is 0.922. The highest BCUT2D eigenvalue weighted by Gasteiger charge is 2.36. The third-order valence-electron chi connectivity index (χ3n) is 3.19. The van der Waals surface area contributed by atoms with Crippen LogP contribution in [0.5, 0.6) is 5.75 Å². The molecular weight excluding hydrogens is 318 g/mol. The average molecular weight is 336 g/mol. The first-order valence-corrected chi connectivity index (χ1v) is 7.57. The lowest BCUT2D eigenvalue weighted by Crippen LogP contribution is -2.58. The smallest absolute Gasteiger partial charge is 0.243 e. The van der Waals surface area contributed by atoms with Crippen molar-refractivity contribution in [1.82, 2.24) is 9.62 Å². The minimum Gasteiger partial charge on any atom is -0.497 e. The SMILES string of the molecule is COc1ccc(S(=O)(=O)N2CCNCC2C(N)=O)cc1.Cl. The number of primary amides is 1. The molecule has 1 aliphatic rings. The zero-order valence-electron chi connectivity index (χ0n) is 11.5. The maximum atomic E-state index is 12.6. The molecule has 1 aromatic carbocycles. The Morgan fingerprint density at radius 3 is 2.52 bits per heavy atom. The Morgan fingerprint density at radius 2 is 2.00 bits per heavy atom. The second-order valence-corrected chi connectivity index (χ2v) is 6.30. The molecule has 0 aromatic heterocycles. The van der Waals surface area contributed by atoms with Crippen molar-refractivity contribution in [3.63, 3.8) is 0 Å². The Hall–Kier alpha value is -1.35. The number of hydrogen-bond acceptors (Lipinski definition) is 5. The first-order valence-electron chi connectivity index (χ1n) is 6.13. The van der Waals surface area contributed by atoms with Crippen LogP contribution < -0.4 is 15.8 Å². The lowest BCUT2D eigenvalue weighted by Gasteiger charge is -2.33. The van der Waals surface area contributed by atoms with E-state index < -0.39 is 22.0 Å². The van der Waals surface area contributed by atoms with Crippen LogP contribution in [-0.2, 0) is 14.8 Å². The summed E-state index contributed by atoms with van der Waals surface area (Å²) in [6.07, 6.45) is 0. The molecule has 1 heterocycles. The topological polar surface area (TPSA) is 102 Å². The summed E-state index contributed by atoms with van der Waals surface area (Å²) in [5, 5.41) is 2.96. The van der Waals surface area contributed by atoms with E-state index in [9.17, 15) is 13.2 Å². The molecule has 21 heavy (non-hydrogen) atoms. The van der Waals surface area contributed by atoms with Gasteiger partial charge in [-0.15, -0.1) is 12.4 Å². The molecule has 1 aromatic rings. The van der Waals surface area contributed by atoms with Crippen LogP contribution in [0.3, 0.4) is 0 Å². The number of nitrogens with zero attached hydrogens (tertiary/aromatic N) is 1. The van der Waals surface area contributed by atoms with Crippen molar-refractivity contribution in [2.45, 2.75) is 10.9 Å². The summed E-state index contributed by atoms with van der Waals surface area (Å²) in [6, 6.07) is 5.17. The first kappa shape index (κ1) is 17.7. The molecule has 1 fully saturated rings. The first-order chi connectivity index (χ1) is 9.46. The molecule has 0 aliphatic carbocycles. The lowest BCUT2D eigenvalue weighted by molar-refractivity contribution is -0.122. The maximum Gasteiger partial charge on any atom is 0.243 e. The third-order valence-corrected chi connectivity index (χ3v) is 5.11. The number of hydrogen-bond donors (Lipinski definition) is 2. The highest BCUT2D eigenvalue weighted by Crippen LogP contribution is 2.21. The molecule has 3 N–H and O–H groups in total. The van der Waals surface area contributed by atoms with E-state index in [4.69, 9.17) is 10.5 Å². The fraction of sp³-hybridized carbons (Fsp3) is 0.417. The van der Waals surface area contributed by atoms with Crippen molar-refractivity contribution in [2.75, 3.05) is 26.7 Å². The number of benzene rings is 1. The number of nitrogens with two attached hydrogens (primary N) is 1. The van der Waals surface area contributed by atoms with Crippen molar-refractivity contribution in [2.24, 2.45) is 5.73 Å². The normalized spacial score (nSPS) is 19.6. The van der Waals surface area contributed by atoms with Crippen molar-refractivity contribution in [3.8, 4) is 5.75 Å². The zero-order valence-corrected chi connectivity index (χ0v) is 13.1. The molecule has 118 valence electrons. The number of methoxy groups -OCH3 is 1. The van der Waals surface area contributed by atoms with Crippen molar-refractivity contribution in [1.29, 1.82) is 0 Å². The highest BCUT2D eigenvalue weighted by atomic mass is 35.5. The average Bonchev–Trinajstić information content (AvgIpc) is 2.47. The Labute approximate surface area is 129 Å². The predicted octanol–water partition coefficient (Wildman–Crippen LogP) is -0.435. The maximum absolute atomic E-state index is 12.6. The molecule has 1 unspecified atom stereocenters. The van der Waals surface area contributed by atoms with Crippen LogP contribution in [0, 0.1) is 0 Å². The van der Waals surface area contributed by atoms with Gasteiger partial charge in [-0.1, -0.05) is 0 Å². The van der Waals surface area contributed by atoms with Crippen LogP contribution in [-0.4, -0.2) is 51.4 Å². The zero-order chi connectivity index (χ0) is 14.8. The van der Waals surface area contributed by atoms with E-state index in [0.717, 1.165) is 4.31 Å². The second-order valence-electron chi connectivity index (χ2n) is 4.41. The summed E-state index contributed by atoms with van der Waals surface area (Å²) in [5.74, 6) is -0.0926. The minimum atomic E-state index is -3.74. The molecule has 2 rings (SSSR count). The van der Waals surface area contributed by atoms with E-state index in [2.05, 4.69) is 5.32 Å². The van der Waals surface area contributed by atoms with E-state index >= 15 is 0 Å². The van der Waals surface area contributed by atoms with Gasteiger partial charge < -0.3 is 15.8 Å². The van der Waals surface area contributed by atoms with Crippen LogP contribution in [0.25, 0.3) is 0 Å². The minimum absolute atomic E-state index is 0. The van der Waals surface area contributed by atoms with Gasteiger partial charge in [-0.2, -0.15) is 4.31 Å². The van der Waals surface area contributed by atoms with Crippen molar-refractivity contribution in [3.05, 3.63) is 24.3 Å². The second kappa shape index (κ2) is 7.08. The van der Waals surface area contributed by atoms with Gasteiger partial charge >= 0.3 is 0 Å². The number of amides is 1. The van der Waals surface area contributed by atoms with Gasteiger partial charge in [0, 0.05) is 19.6 Å².